The molecule has 2 aliphatic rings. The van der Waals surface area contributed by atoms with Gasteiger partial charge in [-0.1, -0.05) is 56.3 Å². The molecule has 2 aromatic carbocycles. The van der Waals surface area contributed by atoms with Gasteiger partial charge in [0, 0.05) is 0 Å². The molecule has 2 atom stereocenters. The minimum absolute atomic E-state index is 0.126. The van der Waals surface area contributed by atoms with E-state index in [1.807, 2.05) is 6.07 Å². The molecule has 0 fully saturated rings. The predicted octanol–water partition coefficient (Wildman–Crippen LogP) is 3.87. The lowest BCUT2D eigenvalue weighted by molar-refractivity contribution is -0.141. The third kappa shape index (κ3) is 3.02. The summed E-state index contributed by atoms with van der Waals surface area (Å²) in [5.74, 6) is -0.696. The van der Waals surface area contributed by atoms with E-state index in [2.05, 4.69) is 5.32 Å². The molecule has 3 N–H and O–H groups in total. The molecule has 25 heavy (non-hydrogen) atoms. The summed E-state index contributed by atoms with van der Waals surface area (Å²) in [6, 6.07) is 10.8. The second-order valence-corrected chi connectivity index (χ2v) is 6.58. The van der Waals surface area contributed by atoms with E-state index in [9.17, 15) is 18.0 Å². The Hall–Kier alpha value is -2.34. The number of carbonyl (C=O) groups excluding carboxylic acids is 1. The first-order chi connectivity index (χ1) is 11.7. The summed E-state index contributed by atoms with van der Waals surface area (Å²) in [4.78, 5) is 11.7. The molecule has 0 saturated heterocycles. The van der Waals surface area contributed by atoms with Crippen LogP contribution in [-0.2, 0) is 11.0 Å². The van der Waals surface area contributed by atoms with Gasteiger partial charge in [-0.25, -0.2) is 0 Å². The SMILES string of the molecule is CC(C)[C@@H](N[C@@H]1c2ccc(-c3ccccc3)c1c2C(F)(F)F)C(N)=O. The zero-order valence-corrected chi connectivity index (χ0v) is 13.9. The number of halogens is 3. The fourth-order valence-corrected chi connectivity index (χ4v) is 3.40. The molecular formula is C19H19F3N2O. The van der Waals surface area contributed by atoms with Gasteiger partial charge in [0.2, 0.25) is 5.91 Å². The van der Waals surface area contributed by atoms with Crippen LogP contribution >= 0.6 is 0 Å². The predicted molar refractivity (Wildman–Crippen MR) is 89.7 cm³/mol. The number of alkyl halides is 3. The molecule has 0 aromatic heterocycles. The molecule has 0 unspecified atom stereocenters. The molecule has 2 aromatic rings. The first-order valence-electron chi connectivity index (χ1n) is 8.06. The smallest absolute Gasteiger partial charge is 0.368 e. The van der Waals surface area contributed by atoms with Crippen LogP contribution < -0.4 is 11.1 Å². The Morgan fingerprint density at radius 3 is 2.28 bits per heavy atom. The molecule has 1 amide bonds. The van der Waals surface area contributed by atoms with E-state index in [0.29, 0.717) is 11.1 Å². The van der Waals surface area contributed by atoms with Gasteiger partial charge in [-0.2, -0.15) is 13.2 Å². The van der Waals surface area contributed by atoms with Gasteiger partial charge in [0.1, 0.15) is 0 Å². The van der Waals surface area contributed by atoms with Crippen molar-refractivity contribution >= 4 is 5.91 Å². The second-order valence-electron chi connectivity index (χ2n) is 6.58. The normalized spacial score (nSPS) is 17.3. The standard InChI is InChI=1S/C19H19F3N2O/c1-10(2)16(18(23)25)24-17-13-9-8-12(11-6-4-3-5-7-11)14(17)15(13)19(20,21)22/h3-10,16-17,24H,1-2H3,(H2,23,25)/t16-,17-/m1/s1. The molecule has 0 heterocycles. The summed E-state index contributed by atoms with van der Waals surface area (Å²) in [7, 11) is 0. The highest BCUT2D eigenvalue weighted by Crippen LogP contribution is 2.52. The summed E-state index contributed by atoms with van der Waals surface area (Å²) in [6.45, 7) is 3.61. The van der Waals surface area contributed by atoms with Gasteiger partial charge >= 0.3 is 6.18 Å². The van der Waals surface area contributed by atoms with Crippen molar-refractivity contribution in [3.05, 3.63) is 59.2 Å². The molecule has 132 valence electrons. The average molecular weight is 348 g/mol. The number of benzene rings is 2. The zero-order valence-electron chi connectivity index (χ0n) is 13.9. The van der Waals surface area contributed by atoms with Crippen LogP contribution in [0.1, 0.15) is 36.6 Å². The van der Waals surface area contributed by atoms with E-state index in [4.69, 9.17) is 5.73 Å². The van der Waals surface area contributed by atoms with Crippen molar-refractivity contribution in [2.45, 2.75) is 32.1 Å². The van der Waals surface area contributed by atoms with Crippen molar-refractivity contribution in [3.63, 3.8) is 0 Å². The van der Waals surface area contributed by atoms with Crippen molar-refractivity contribution in [2.75, 3.05) is 0 Å². The number of nitrogens with two attached hydrogens (primary N) is 1. The van der Waals surface area contributed by atoms with Gasteiger partial charge < -0.3 is 5.73 Å². The van der Waals surface area contributed by atoms with Crippen molar-refractivity contribution < 1.29 is 18.0 Å². The minimum atomic E-state index is -4.44. The highest BCUT2D eigenvalue weighted by Gasteiger charge is 2.48. The molecular weight excluding hydrogens is 329 g/mol. The summed E-state index contributed by atoms with van der Waals surface area (Å²) >= 11 is 0. The molecule has 2 bridgehead atoms. The van der Waals surface area contributed by atoms with Crippen LogP contribution in [0.4, 0.5) is 13.2 Å². The minimum Gasteiger partial charge on any atom is -0.368 e. The van der Waals surface area contributed by atoms with Gasteiger partial charge in [0.15, 0.2) is 0 Å². The Balaban J connectivity index is 2.06. The van der Waals surface area contributed by atoms with Gasteiger partial charge in [-0.3, -0.25) is 10.1 Å². The zero-order chi connectivity index (χ0) is 18.4. The lowest BCUT2D eigenvalue weighted by atomic mass is 9.74. The van der Waals surface area contributed by atoms with Crippen LogP contribution in [0, 0.1) is 5.92 Å². The molecule has 0 saturated carbocycles. The van der Waals surface area contributed by atoms with Gasteiger partial charge in [0.25, 0.3) is 0 Å². The number of primary amides is 1. The maximum atomic E-state index is 13.5. The van der Waals surface area contributed by atoms with Gasteiger partial charge in [0.05, 0.1) is 17.6 Å². The first-order valence-corrected chi connectivity index (χ1v) is 8.06. The van der Waals surface area contributed by atoms with E-state index < -0.39 is 29.7 Å². The third-order valence-electron chi connectivity index (χ3n) is 4.57. The second kappa shape index (κ2) is 6.19. The Morgan fingerprint density at radius 1 is 1.12 bits per heavy atom. The quantitative estimate of drug-likeness (QED) is 0.862. The molecule has 0 spiro atoms. The Kier molecular flexibility index (Phi) is 4.33. The monoisotopic (exact) mass is 348 g/mol. The van der Waals surface area contributed by atoms with Gasteiger partial charge in [-0.15, -0.1) is 0 Å². The molecule has 0 radical (unpaired) electrons. The van der Waals surface area contributed by atoms with E-state index >= 15 is 0 Å². The Bertz CT molecular complexity index is 800. The van der Waals surface area contributed by atoms with E-state index in [1.165, 1.54) is 6.07 Å². The molecule has 6 heteroatoms. The number of nitrogens with one attached hydrogen (secondary N) is 1. The van der Waals surface area contributed by atoms with Crippen LogP contribution in [-0.4, -0.2) is 11.9 Å². The fraction of sp³-hybridized carbons (Fsp3) is 0.316. The lowest BCUT2D eigenvalue weighted by Crippen LogP contribution is -2.49. The summed E-state index contributed by atoms with van der Waals surface area (Å²) in [6.07, 6.45) is -4.44. The van der Waals surface area contributed by atoms with E-state index in [-0.39, 0.29) is 17.0 Å². The first kappa shape index (κ1) is 17.5. The molecule has 4 rings (SSSR count). The van der Waals surface area contributed by atoms with Crippen molar-refractivity contribution in [2.24, 2.45) is 11.7 Å². The van der Waals surface area contributed by atoms with E-state index in [1.54, 1.807) is 44.2 Å². The Labute approximate surface area is 144 Å². The molecule has 2 aliphatic carbocycles. The number of hydrogen-bond acceptors (Lipinski definition) is 2. The average Bonchev–Trinajstić information content (AvgIpc) is 2.53. The number of amides is 1. The Morgan fingerprint density at radius 2 is 1.76 bits per heavy atom. The maximum absolute atomic E-state index is 13.5. The summed E-state index contributed by atoms with van der Waals surface area (Å²) < 4.78 is 40.5. The van der Waals surface area contributed by atoms with Crippen LogP contribution in [0.2, 0.25) is 0 Å². The fourth-order valence-electron chi connectivity index (χ4n) is 3.40. The summed E-state index contributed by atoms with van der Waals surface area (Å²) in [5, 5.41) is 3.01. The van der Waals surface area contributed by atoms with Crippen molar-refractivity contribution in [1.82, 2.24) is 5.32 Å². The topological polar surface area (TPSA) is 55.1 Å². The van der Waals surface area contributed by atoms with Crippen molar-refractivity contribution in [1.29, 1.82) is 0 Å². The third-order valence-corrected chi connectivity index (χ3v) is 4.57. The number of carbonyl (C=O) groups is 1. The number of fused-ring (bicyclic) bond motifs is 2. The van der Waals surface area contributed by atoms with Crippen LogP contribution in [0.3, 0.4) is 0 Å². The molecule has 0 aliphatic heterocycles. The number of hydrogen-bond donors (Lipinski definition) is 2. The highest BCUT2D eigenvalue weighted by atomic mass is 19.4. The van der Waals surface area contributed by atoms with E-state index in [0.717, 1.165) is 0 Å². The van der Waals surface area contributed by atoms with Crippen molar-refractivity contribution in [3.8, 4) is 11.1 Å². The molecule has 3 nitrogen and oxygen atoms in total. The largest absolute Gasteiger partial charge is 0.417 e. The summed E-state index contributed by atoms with van der Waals surface area (Å²) in [5.41, 5.74) is 6.37. The lowest BCUT2D eigenvalue weighted by Gasteiger charge is -2.39. The van der Waals surface area contributed by atoms with Crippen LogP contribution in [0.25, 0.3) is 11.1 Å². The highest BCUT2D eigenvalue weighted by molar-refractivity contribution is 5.81. The maximum Gasteiger partial charge on any atom is 0.417 e. The number of rotatable bonds is 5. The van der Waals surface area contributed by atoms with Crippen LogP contribution in [0.5, 0.6) is 0 Å². The van der Waals surface area contributed by atoms with Crippen LogP contribution in [0.15, 0.2) is 42.5 Å². The van der Waals surface area contributed by atoms with Gasteiger partial charge in [-0.05, 0) is 28.2 Å².